The lowest BCUT2D eigenvalue weighted by atomic mass is 10.3. The number of hydrogen-bond acceptors (Lipinski definition) is 7. The summed E-state index contributed by atoms with van der Waals surface area (Å²) < 4.78 is 55.7. The van der Waals surface area contributed by atoms with Crippen molar-refractivity contribution in [1.82, 2.24) is 29.3 Å². The number of piperazine rings is 1. The Morgan fingerprint density at radius 3 is 2.38 bits per heavy atom. The van der Waals surface area contributed by atoms with Gasteiger partial charge in [0.05, 0.1) is 5.69 Å². The van der Waals surface area contributed by atoms with E-state index in [1.54, 1.807) is 4.68 Å². The van der Waals surface area contributed by atoms with Gasteiger partial charge >= 0.3 is 0 Å². The highest BCUT2D eigenvalue weighted by molar-refractivity contribution is 7.89. The minimum absolute atomic E-state index is 0.109. The second-order valence-corrected chi connectivity index (χ2v) is 9.08. The van der Waals surface area contributed by atoms with E-state index in [0.29, 0.717) is 36.1 Å². The quantitative estimate of drug-likeness (QED) is 0.462. The normalized spacial score (nSPS) is 15.4. The van der Waals surface area contributed by atoms with Crippen LogP contribution in [0.2, 0.25) is 0 Å². The molecule has 0 radical (unpaired) electrons. The molecule has 5 rings (SSSR count). The van der Waals surface area contributed by atoms with Gasteiger partial charge in [-0.2, -0.15) is 8.99 Å². The average molecular weight is 457 g/mol. The first-order valence-corrected chi connectivity index (χ1v) is 11.2. The highest BCUT2D eigenvalue weighted by Crippen LogP contribution is 2.26. The number of nitrogens with zero attached hydrogens (tertiary/aromatic N) is 7. The van der Waals surface area contributed by atoms with Gasteiger partial charge in [0.15, 0.2) is 17.0 Å². The smallest absolute Gasteiger partial charge is 0.246 e. The summed E-state index contributed by atoms with van der Waals surface area (Å²) in [5, 5.41) is 8.43. The van der Waals surface area contributed by atoms with Crippen molar-refractivity contribution in [1.29, 1.82) is 0 Å². The predicted octanol–water partition coefficient (Wildman–Crippen LogP) is 2.00. The van der Waals surface area contributed by atoms with Crippen molar-refractivity contribution in [2.45, 2.75) is 4.90 Å². The van der Waals surface area contributed by atoms with Crippen LogP contribution in [0, 0.1) is 11.6 Å². The number of aromatic nitrogens is 5. The Morgan fingerprint density at radius 1 is 0.906 bits per heavy atom. The molecule has 0 atom stereocenters. The molecule has 0 N–H and O–H groups in total. The van der Waals surface area contributed by atoms with Crippen molar-refractivity contribution < 1.29 is 17.2 Å². The van der Waals surface area contributed by atoms with Crippen LogP contribution in [0.15, 0.2) is 59.8 Å². The molecule has 164 valence electrons. The van der Waals surface area contributed by atoms with Crippen LogP contribution >= 0.6 is 0 Å². The van der Waals surface area contributed by atoms with Crippen LogP contribution < -0.4 is 4.90 Å². The molecule has 1 aliphatic heterocycles. The topological polar surface area (TPSA) is 97.1 Å². The lowest BCUT2D eigenvalue weighted by molar-refractivity contribution is 0.381. The molecule has 32 heavy (non-hydrogen) atoms. The van der Waals surface area contributed by atoms with Crippen LogP contribution in [0.25, 0.3) is 16.9 Å². The Labute approximate surface area is 182 Å². The fraction of sp³-hybridized carbons (Fsp3) is 0.200. The number of anilines is 1. The summed E-state index contributed by atoms with van der Waals surface area (Å²) in [6.45, 7) is 0.841. The average Bonchev–Trinajstić information content (AvgIpc) is 3.24. The van der Waals surface area contributed by atoms with E-state index in [9.17, 15) is 17.2 Å². The summed E-state index contributed by atoms with van der Waals surface area (Å²) in [5.41, 5.74) is 1.83. The molecule has 0 saturated carbocycles. The summed E-state index contributed by atoms with van der Waals surface area (Å²) in [6, 6.07) is 11.9. The van der Waals surface area contributed by atoms with Crippen molar-refractivity contribution in [2.24, 2.45) is 0 Å². The molecule has 12 heteroatoms. The summed E-state index contributed by atoms with van der Waals surface area (Å²) in [6.07, 6.45) is 1.41. The van der Waals surface area contributed by atoms with Gasteiger partial charge in [0.2, 0.25) is 10.0 Å². The highest BCUT2D eigenvalue weighted by atomic mass is 32.2. The fourth-order valence-corrected chi connectivity index (χ4v) is 5.14. The van der Waals surface area contributed by atoms with Crippen molar-refractivity contribution in [3.05, 3.63) is 66.5 Å². The summed E-state index contributed by atoms with van der Waals surface area (Å²) in [4.78, 5) is 9.99. The third-order valence-corrected chi connectivity index (χ3v) is 7.20. The molecule has 2 aromatic carbocycles. The molecular weight excluding hydrogens is 440 g/mol. The van der Waals surface area contributed by atoms with Gasteiger partial charge in [-0.25, -0.2) is 27.2 Å². The van der Waals surface area contributed by atoms with E-state index in [1.807, 2.05) is 35.2 Å². The standard InChI is InChI=1S/C20H17F2N7O2S/c21-14-6-7-17(16(22)12-14)32(30,31)28-10-8-27(9-11-28)19-18-20(24-13-23-19)29(26-25-18)15-4-2-1-3-5-15/h1-7,12-13H,8-11H2. The Bertz CT molecular complexity index is 1390. The molecular formula is C20H17F2N7O2S. The zero-order chi connectivity index (χ0) is 22.3. The number of sulfonamides is 1. The van der Waals surface area contributed by atoms with Crippen LogP contribution in [0.4, 0.5) is 14.6 Å². The Hall–Kier alpha value is -3.51. The minimum atomic E-state index is -4.09. The van der Waals surface area contributed by atoms with E-state index in [1.165, 1.54) is 10.6 Å². The molecule has 1 saturated heterocycles. The van der Waals surface area contributed by atoms with Gasteiger partial charge < -0.3 is 4.90 Å². The largest absolute Gasteiger partial charge is 0.352 e. The lowest BCUT2D eigenvalue weighted by Crippen LogP contribution is -2.49. The van der Waals surface area contributed by atoms with E-state index < -0.39 is 26.6 Å². The van der Waals surface area contributed by atoms with Gasteiger partial charge in [-0.3, -0.25) is 0 Å². The van der Waals surface area contributed by atoms with Gasteiger partial charge in [0.1, 0.15) is 22.9 Å². The van der Waals surface area contributed by atoms with E-state index in [2.05, 4.69) is 20.3 Å². The van der Waals surface area contributed by atoms with Crippen molar-refractivity contribution in [3.8, 4) is 5.69 Å². The summed E-state index contributed by atoms with van der Waals surface area (Å²) in [5.74, 6) is -1.40. The SMILES string of the molecule is O=S(=O)(c1ccc(F)cc1F)N1CCN(c2ncnc3c2nnn3-c2ccccc2)CC1. The van der Waals surface area contributed by atoms with E-state index >= 15 is 0 Å². The van der Waals surface area contributed by atoms with Crippen LogP contribution in [0.5, 0.6) is 0 Å². The molecule has 0 amide bonds. The first kappa shape index (κ1) is 20.4. The fourth-order valence-electron chi connectivity index (χ4n) is 3.68. The van der Waals surface area contributed by atoms with Crippen molar-refractivity contribution >= 4 is 27.0 Å². The Balaban J connectivity index is 1.39. The number of halogens is 2. The zero-order valence-corrected chi connectivity index (χ0v) is 17.5. The molecule has 0 bridgehead atoms. The first-order chi connectivity index (χ1) is 15.4. The molecule has 3 heterocycles. The molecule has 4 aromatic rings. The molecule has 2 aromatic heterocycles. The Morgan fingerprint density at radius 2 is 1.66 bits per heavy atom. The van der Waals surface area contributed by atoms with E-state index in [-0.39, 0.29) is 13.1 Å². The summed E-state index contributed by atoms with van der Waals surface area (Å²) >= 11 is 0. The lowest BCUT2D eigenvalue weighted by Gasteiger charge is -2.34. The number of benzene rings is 2. The number of hydrogen-bond donors (Lipinski definition) is 0. The second kappa shape index (κ2) is 7.88. The highest BCUT2D eigenvalue weighted by Gasteiger charge is 2.32. The Kier molecular flexibility index (Phi) is 5.02. The minimum Gasteiger partial charge on any atom is -0.352 e. The van der Waals surface area contributed by atoms with E-state index in [0.717, 1.165) is 17.8 Å². The van der Waals surface area contributed by atoms with Crippen LogP contribution in [0.3, 0.4) is 0 Å². The van der Waals surface area contributed by atoms with Gasteiger partial charge in [-0.15, -0.1) is 5.10 Å². The maximum Gasteiger partial charge on any atom is 0.246 e. The van der Waals surface area contributed by atoms with Crippen LogP contribution in [-0.2, 0) is 10.0 Å². The molecule has 1 fully saturated rings. The summed E-state index contributed by atoms with van der Waals surface area (Å²) in [7, 11) is -4.09. The molecule has 9 nitrogen and oxygen atoms in total. The molecule has 0 aliphatic carbocycles. The van der Waals surface area contributed by atoms with Gasteiger partial charge in [0.25, 0.3) is 0 Å². The monoisotopic (exact) mass is 457 g/mol. The zero-order valence-electron chi connectivity index (χ0n) is 16.6. The predicted molar refractivity (Wildman–Crippen MR) is 112 cm³/mol. The molecule has 0 unspecified atom stereocenters. The first-order valence-electron chi connectivity index (χ1n) is 9.77. The number of fused-ring (bicyclic) bond motifs is 1. The van der Waals surface area contributed by atoms with Gasteiger partial charge in [-0.1, -0.05) is 23.4 Å². The second-order valence-electron chi connectivity index (χ2n) is 7.17. The van der Waals surface area contributed by atoms with Crippen LogP contribution in [-0.4, -0.2) is 63.9 Å². The number of para-hydroxylation sites is 1. The third-order valence-electron chi connectivity index (χ3n) is 5.27. The van der Waals surface area contributed by atoms with Gasteiger partial charge in [0, 0.05) is 32.2 Å². The van der Waals surface area contributed by atoms with Crippen molar-refractivity contribution in [2.75, 3.05) is 31.1 Å². The van der Waals surface area contributed by atoms with Gasteiger partial charge in [-0.05, 0) is 24.3 Å². The third kappa shape index (κ3) is 3.46. The number of rotatable bonds is 4. The maximum atomic E-state index is 14.1. The molecule has 1 aliphatic rings. The van der Waals surface area contributed by atoms with Crippen LogP contribution in [0.1, 0.15) is 0 Å². The molecule has 0 spiro atoms. The van der Waals surface area contributed by atoms with E-state index in [4.69, 9.17) is 0 Å². The van der Waals surface area contributed by atoms with Crippen molar-refractivity contribution in [3.63, 3.8) is 0 Å². The maximum absolute atomic E-state index is 14.1.